The number of ether oxygens (including phenoxy) is 1. The molecule has 2 aromatic heterocycles. The first kappa shape index (κ1) is 9.42. The van der Waals surface area contributed by atoms with Gasteiger partial charge in [0.1, 0.15) is 12.5 Å². The Kier molecular flexibility index (Phi) is 2.15. The standard InChI is InChI=1S/C12H13N3O/c1-15-7-10(16-8-15)4-9-5-14-12-6-13-3-2-11(9)12/h2-6,14H,7-8H2,1H3/b10-4-. The van der Waals surface area contributed by atoms with Crippen LogP contribution in [0.5, 0.6) is 0 Å². The molecule has 0 amide bonds. The van der Waals surface area contributed by atoms with E-state index in [4.69, 9.17) is 4.74 Å². The summed E-state index contributed by atoms with van der Waals surface area (Å²) in [5.74, 6) is 1.01. The molecule has 1 fully saturated rings. The molecular formula is C12H13N3O. The van der Waals surface area contributed by atoms with Gasteiger partial charge in [-0.2, -0.15) is 0 Å². The monoisotopic (exact) mass is 215 g/mol. The quantitative estimate of drug-likeness (QED) is 0.789. The summed E-state index contributed by atoms with van der Waals surface area (Å²) in [4.78, 5) is 9.40. The number of aromatic amines is 1. The fourth-order valence-corrected chi connectivity index (χ4v) is 1.93. The van der Waals surface area contributed by atoms with E-state index < -0.39 is 0 Å². The van der Waals surface area contributed by atoms with Gasteiger partial charge in [-0.25, -0.2) is 0 Å². The third-order valence-electron chi connectivity index (χ3n) is 2.73. The van der Waals surface area contributed by atoms with Crippen molar-refractivity contribution < 1.29 is 4.74 Å². The van der Waals surface area contributed by atoms with Crippen LogP contribution in [-0.4, -0.2) is 35.2 Å². The number of nitrogens with zero attached hydrogens (tertiary/aromatic N) is 2. The summed E-state index contributed by atoms with van der Waals surface area (Å²) in [5, 5.41) is 1.18. The molecule has 4 heteroatoms. The molecule has 16 heavy (non-hydrogen) atoms. The van der Waals surface area contributed by atoms with E-state index in [1.165, 1.54) is 5.39 Å². The second kappa shape index (κ2) is 3.64. The molecule has 4 nitrogen and oxygen atoms in total. The number of aromatic nitrogens is 2. The number of H-pyrrole nitrogens is 1. The van der Waals surface area contributed by atoms with Gasteiger partial charge >= 0.3 is 0 Å². The summed E-state index contributed by atoms with van der Waals surface area (Å²) >= 11 is 0. The highest BCUT2D eigenvalue weighted by Crippen LogP contribution is 2.21. The van der Waals surface area contributed by atoms with Crippen LogP contribution in [0.3, 0.4) is 0 Å². The average Bonchev–Trinajstić information content (AvgIpc) is 2.87. The smallest absolute Gasteiger partial charge is 0.141 e. The maximum absolute atomic E-state index is 5.54. The molecule has 1 N–H and O–H groups in total. The van der Waals surface area contributed by atoms with Gasteiger partial charge in [0.05, 0.1) is 18.3 Å². The Balaban J connectivity index is 2.01. The van der Waals surface area contributed by atoms with Crippen molar-refractivity contribution >= 4 is 17.0 Å². The van der Waals surface area contributed by atoms with Crippen LogP contribution in [0.1, 0.15) is 5.56 Å². The number of hydrogen-bond acceptors (Lipinski definition) is 3. The van der Waals surface area contributed by atoms with E-state index in [-0.39, 0.29) is 0 Å². The van der Waals surface area contributed by atoms with Crippen LogP contribution < -0.4 is 0 Å². The van der Waals surface area contributed by atoms with Gasteiger partial charge in [0.2, 0.25) is 0 Å². The first-order valence-corrected chi connectivity index (χ1v) is 5.26. The minimum Gasteiger partial charge on any atom is -0.481 e. The highest BCUT2D eigenvalue weighted by molar-refractivity contribution is 5.88. The third-order valence-corrected chi connectivity index (χ3v) is 2.73. The van der Waals surface area contributed by atoms with Gasteiger partial charge in [-0.3, -0.25) is 9.88 Å². The van der Waals surface area contributed by atoms with Crippen molar-refractivity contribution in [1.82, 2.24) is 14.9 Å². The molecule has 82 valence electrons. The van der Waals surface area contributed by atoms with Crippen LogP contribution in [0.15, 0.2) is 30.4 Å². The van der Waals surface area contributed by atoms with Gasteiger partial charge in [0.15, 0.2) is 0 Å². The van der Waals surface area contributed by atoms with E-state index in [2.05, 4.69) is 20.9 Å². The lowest BCUT2D eigenvalue weighted by Gasteiger charge is -1.97. The van der Waals surface area contributed by atoms with Crippen molar-refractivity contribution in [2.24, 2.45) is 0 Å². The molecule has 0 saturated carbocycles. The molecule has 3 heterocycles. The van der Waals surface area contributed by atoms with Crippen LogP contribution >= 0.6 is 0 Å². The minimum absolute atomic E-state index is 0.676. The molecule has 1 aliphatic heterocycles. The molecular weight excluding hydrogens is 202 g/mol. The summed E-state index contributed by atoms with van der Waals surface area (Å²) in [6.07, 6.45) is 7.71. The Morgan fingerprint density at radius 3 is 3.31 bits per heavy atom. The Labute approximate surface area is 93.5 Å². The molecule has 0 aliphatic carbocycles. The summed E-state index contributed by atoms with van der Waals surface area (Å²) in [5.41, 5.74) is 2.21. The molecule has 1 saturated heterocycles. The lowest BCUT2D eigenvalue weighted by molar-refractivity contribution is 0.190. The average molecular weight is 215 g/mol. The zero-order chi connectivity index (χ0) is 11.0. The van der Waals surface area contributed by atoms with Crippen LogP contribution in [0.4, 0.5) is 0 Å². The summed E-state index contributed by atoms with van der Waals surface area (Å²) < 4.78 is 5.54. The largest absolute Gasteiger partial charge is 0.481 e. The molecule has 1 aliphatic rings. The van der Waals surface area contributed by atoms with Gasteiger partial charge in [-0.15, -0.1) is 0 Å². The van der Waals surface area contributed by atoms with Gasteiger partial charge in [-0.05, 0) is 19.2 Å². The van der Waals surface area contributed by atoms with Crippen LogP contribution in [0, 0.1) is 0 Å². The molecule has 3 rings (SSSR count). The van der Waals surface area contributed by atoms with Crippen LogP contribution in [0.2, 0.25) is 0 Å². The highest BCUT2D eigenvalue weighted by Gasteiger charge is 2.13. The number of rotatable bonds is 1. The summed E-state index contributed by atoms with van der Waals surface area (Å²) in [6.45, 7) is 1.55. The van der Waals surface area contributed by atoms with Crippen molar-refractivity contribution in [2.45, 2.75) is 0 Å². The first-order valence-electron chi connectivity index (χ1n) is 5.26. The lowest BCUT2D eigenvalue weighted by Crippen LogP contribution is -2.11. The fourth-order valence-electron chi connectivity index (χ4n) is 1.93. The summed E-state index contributed by atoms with van der Waals surface area (Å²) in [6, 6.07) is 2.01. The van der Waals surface area contributed by atoms with E-state index in [0.717, 1.165) is 23.4 Å². The molecule has 0 atom stereocenters. The third kappa shape index (κ3) is 1.57. The van der Waals surface area contributed by atoms with Gasteiger partial charge in [0, 0.05) is 23.3 Å². The highest BCUT2D eigenvalue weighted by atomic mass is 16.5. The second-order valence-corrected chi connectivity index (χ2v) is 4.06. The number of likely N-dealkylation sites (N-methyl/N-ethyl adjacent to an activating group) is 1. The number of hydrogen-bond donors (Lipinski definition) is 1. The number of fused-ring (bicyclic) bond motifs is 1. The van der Waals surface area contributed by atoms with E-state index in [0.29, 0.717) is 6.73 Å². The molecule has 0 aromatic carbocycles. The zero-order valence-electron chi connectivity index (χ0n) is 9.10. The fraction of sp³-hybridized carbons (Fsp3) is 0.250. The zero-order valence-corrected chi connectivity index (χ0v) is 9.10. The number of pyridine rings is 1. The van der Waals surface area contributed by atoms with E-state index in [9.17, 15) is 0 Å². The van der Waals surface area contributed by atoms with E-state index in [1.807, 2.05) is 25.5 Å². The lowest BCUT2D eigenvalue weighted by atomic mass is 10.2. The van der Waals surface area contributed by atoms with Crippen molar-refractivity contribution in [2.75, 3.05) is 20.3 Å². The Morgan fingerprint density at radius 2 is 2.50 bits per heavy atom. The van der Waals surface area contributed by atoms with Gasteiger partial charge < -0.3 is 9.72 Å². The minimum atomic E-state index is 0.676. The van der Waals surface area contributed by atoms with Gasteiger partial charge in [-0.1, -0.05) is 0 Å². The maximum atomic E-state index is 5.54. The van der Waals surface area contributed by atoms with Crippen molar-refractivity contribution in [1.29, 1.82) is 0 Å². The SMILES string of the molecule is CN1CO/C(=C\c2c[nH]c3cnccc23)C1. The number of nitrogens with one attached hydrogen (secondary N) is 1. The van der Waals surface area contributed by atoms with Crippen molar-refractivity contribution in [3.8, 4) is 0 Å². The summed E-state index contributed by atoms with van der Waals surface area (Å²) in [7, 11) is 2.04. The second-order valence-electron chi connectivity index (χ2n) is 4.06. The molecule has 0 radical (unpaired) electrons. The molecule has 0 spiro atoms. The van der Waals surface area contributed by atoms with Crippen molar-refractivity contribution in [3.05, 3.63) is 36.0 Å². The van der Waals surface area contributed by atoms with Crippen LogP contribution in [0.25, 0.3) is 17.0 Å². The molecule has 0 bridgehead atoms. The van der Waals surface area contributed by atoms with Gasteiger partial charge in [0.25, 0.3) is 0 Å². The maximum Gasteiger partial charge on any atom is 0.141 e. The first-order chi connectivity index (χ1) is 7.83. The topological polar surface area (TPSA) is 41.1 Å². The Morgan fingerprint density at radius 1 is 1.56 bits per heavy atom. The predicted molar refractivity (Wildman–Crippen MR) is 62.7 cm³/mol. The van der Waals surface area contributed by atoms with Crippen molar-refractivity contribution in [3.63, 3.8) is 0 Å². The van der Waals surface area contributed by atoms with Crippen LogP contribution in [-0.2, 0) is 4.74 Å². The molecule has 0 unspecified atom stereocenters. The normalized spacial score (nSPS) is 19.4. The Hall–Kier alpha value is -1.81. The predicted octanol–water partition coefficient (Wildman–Crippen LogP) is 1.82. The van der Waals surface area contributed by atoms with E-state index in [1.54, 1.807) is 6.20 Å². The molecule has 2 aromatic rings. The van der Waals surface area contributed by atoms with E-state index >= 15 is 0 Å². The Bertz CT molecular complexity index is 544.